The third-order valence-corrected chi connectivity index (χ3v) is 4.62. The van der Waals surface area contributed by atoms with E-state index in [1.807, 2.05) is 18.2 Å². The largest absolute Gasteiger partial charge is 0.465 e. The Bertz CT molecular complexity index is 684. The Morgan fingerprint density at radius 1 is 1.24 bits per heavy atom. The molecule has 108 valence electrons. The Labute approximate surface area is 132 Å². The Morgan fingerprint density at radius 3 is 2.86 bits per heavy atom. The second-order valence-corrected chi connectivity index (χ2v) is 5.93. The Kier molecular flexibility index (Phi) is 3.97. The Hall–Kier alpha value is -1.81. The highest BCUT2D eigenvalue weighted by molar-refractivity contribution is 9.10. The van der Waals surface area contributed by atoms with Gasteiger partial charge in [0, 0.05) is 10.2 Å². The molecule has 0 aliphatic heterocycles. The van der Waals surface area contributed by atoms with Gasteiger partial charge in [-0.15, -0.1) is 0 Å². The fourth-order valence-corrected chi connectivity index (χ4v) is 3.42. The summed E-state index contributed by atoms with van der Waals surface area (Å²) in [5.41, 5.74) is 4.04. The van der Waals surface area contributed by atoms with E-state index in [0.29, 0.717) is 5.56 Å². The molecule has 21 heavy (non-hydrogen) atoms. The smallest absolute Gasteiger partial charge is 0.339 e. The molecule has 2 aromatic carbocycles. The third kappa shape index (κ3) is 2.68. The average Bonchev–Trinajstić information content (AvgIpc) is 2.92. The molecule has 0 spiro atoms. The molecular formula is C17H16BrNO2. The van der Waals surface area contributed by atoms with E-state index in [0.717, 1.165) is 23.0 Å². The zero-order valence-corrected chi connectivity index (χ0v) is 13.3. The topological polar surface area (TPSA) is 38.3 Å². The lowest BCUT2D eigenvalue weighted by atomic mass is 10.1. The lowest BCUT2D eigenvalue weighted by Crippen LogP contribution is -2.12. The number of nitrogens with one attached hydrogen (secondary N) is 1. The van der Waals surface area contributed by atoms with Crippen LogP contribution in [0.15, 0.2) is 46.9 Å². The molecule has 0 heterocycles. The molecule has 1 aliphatic carbocycles. The summed E-state index contributed by atoms with van der Waals surface area (Å²) < 4.78 is 6.00. The van der Waals surface area contributed by atoms with Crippen LogP contribution in [0.1, 0.15) is 33.9 Å². The number of ether oxygens (including phenoxy) is 1. The third-order valence-electron chi connectivity index (χ3n) is 3.88. The molecule has 0 saturated carbocycles. The van der Waals surface area contributed by atoms with Gasteiger partial charge in [-0.05, 0) is 42.2 Å². The van der Waals surface area contributed by atoms with Gasteiger partial charge >= 0.3 is 5.97 Å². The summed E-state index contributed by atoms with van der Waals surface area (Å²) in [6, 6.07) is 14.0. The number of carbonyl (C=O) groups excluding carboxylic acids is 1. The lowest BCUT2D eigenvalue weighted by molar-refractivity contribution is 0.0602. The van der Waals surface area contributed by atoms with Gasteiger partial charge in [0.15, 0.2) is 0 Å². The van der Waals surface area contributed by atoms with Gasteiger partial charge in [0.1, 0.15) is 0 Å². The van der Waals surface area contributed by atoms with E-state index in [9.17, 15) is 4.79 Å². The molecule has 2 aromatic rings. The molecule has 4 heteroatoms. The number of hydrogen-bond donors (Lipinski definition) is 1. The highest BCUT2D eigenvalue weighted by atomic mass is 79.9. The molecular weight excluding hydrogens is 330 g/mol. The number of halogens is 1. The molecule has 1 atom stereocenters. The standard InChI is InChI=1S/C17H16BrNO2/c1-21-17(20)13-5-2-3-8-15(13)19-16-10-9-11-12(16)6-4-7-14(11)18/h2-8,16,19H,9-10H2,1H3. The number of carbonyl (C=O) groups is 1. The minimum Gasteiger partial charge on any atom is -0.465 e. The molecule has 1 aliphatic rings. The van der Waals surface area contributed by atoms with Crippen LogP contribution in [0.25, 0.3) is 0 Å². The SMILES string of the molecule is COC(=O)c1ccccc1NC1CCc2c(Br)cccc21. The minimum atomic E-state index is -0.314. The predicted molar refractivity (Wildman–Crippen MR) is 86.6 cm³/mol. The molecule has 0 saturated heterocycles. The summed E-state index contributed by atoms with van der Waals surface area (Å²) in [6.07, 6.45) is 2.06. The maximum atomic E-state index is 11.8. The Morgan fingerprint density at radius 2 is 2.05 bits per heavy atom. The van der Waals surface area contributed by atoms with Gasteiger partial charge in [-0.1, -0.05) is 40.2 Å². The van der Waals surface area contributed by atoms with Gasteiger partial charge in [0.2, 0.25) is 0 Å². The maximum Gasteiger partial charge on any atom is 0.339 e. The molecule has 0 fully saturated rings. The van der Waals surface area contributed by atoms with Crippen LogP contribution in [0.5, 0.6) is 0 Å². The summed E-state index contributed by atoms with van der Waals surface area (Å²) in [5.74, 6) is -0.314. The normalized spacial score (nSPS) is 16.4. The predicted octanol–water partition coefficient (Wildman–Crippen LogP) is 4.34. The van der Waals surface area contributed by atoms with Crippen LogP contribution in [-0.4, -0.2) is 13.1 Å². The van der Waals surface area contributed by atoms with Gasteiger partial charge in [0.25, 0.3) is 0 Å². The molecule has 0 aromatic heterocycles. The van der Waals surface area contributed by atoms with Gasteiger partial charge < -0.3 is 10.1 Å². The number of methoxy groups -OCH3 is 1. The number of rotatable bonds is 3. The minimum absolute atomic E-state index is 0.225. The number of hydrogen-bond acceptors (Lipinski definition) is 3. The van der Waals surface area contributed by atoms with Crippen LogP contribution in [-0.2, 0) is 11.2 Å². The second-order valence-electron chi connectivity index (χ2n) is 5.08. The Balaban J connectivity index is 1.90. The first-order valence-corrected chi connectivity index (χ1v) is 7.71. The van der Waals surface area contributed by atoms with Crippen molar-refractivity contribution >= 4 is 27.6 Å². The van der Waals surface area contributed by atoms with Crippen molar-refractivity contribution in [1.82, 2.24) is 0 Å². The molecule has 1 unspecified atom stereocenters. The summed E-state index contributed by atoms with van der Waals surface area (Å²) in [5, 5.41) is 3.49. The fourth-order valence-electron chi connectivity index (χ4n) is 2.84. The first-order chi connectivity index (χ1) is 10.2. The van der Waals surface area contributed by atoms with Crippen molar-refractivity contribution in [2.24, 2.45) is 0 Å². The molecule has 0 bridgehead atoms. The van der Waals surface area contributed by atoms with E-state index in [1.54, 1.807) is 6.07 Å². The van der Waals surface area contributed by atoms with E-state index in [4.69, 9.17) is 4.74 Å². The zero-order valence-electron chi connectivity index (χ0n) is 11.7. The summed E-state index contributed by atoms with van der Waals surface area (Å²) >= 11 is 3.61. The van der Waals surface area contributed by atoms with E-state index < -0.39 is 0 Å². The van der Waals surface area contributed by atoms with Crippen LogP contribution in [0.3, 0.4) is 0 Å². The van der Waals surface area contributed by atoms with Crippen molar-refractivity contribution in [3.8, 4) is 0 Å². The highest BCUT2D eigenvalue weighted by Gasteiger charge is 2.25. The second kappa shape index (κ2) is 5.90. The first kappa shape index (κ1) is 14.1. The number of para-hydroxylation sites is 1. The zero-order chi connectivity index (χ0) is 14.8. The first-order valence-electron chi connectivity index (χ1n) is 6.92. The van der Waals surface area contributed by atoms with Gasteiger partial charge in [-0.25, -0.2) is 4.79 Å². The van der Waals surface area contributed by atoms with Crippen LogP contribution in [0, 0.1) is 0 Å². The monoisotopic (exact) mass is 345 g/mol. The molecule has 0 radical (unpaired) electrons. The fraction of sp³-hybridized carbons (Fsp3) is 0.235. The van der Waals surface area contributed by atoms with Crippen molar-refractivity contribution in [2.45, 2.75) is 18.9 Å². The number of esters is 1. The quantitative estimate of drug-likeness (QED) is 0.841. The van der Waals surface area contributed by atoms with Crippen molar-refractivity contribution in [3.63, 3.8) is 0 Å². The van der Waals surface area contributed by atoms with Crippen molar-refractivity contribution in [3.05, 3.63) is 63.6 Å². The van der Waals surface area contributed by atoms with Gasteiger partial charge in [-0.2, -0.15) is 0 Å². The van der Waals surface area contributed by atoms with Crippen molar-refractivity contribution < 1.29 is 9.53 Å². The molecule has 1 N–H and O–H groups in total. The highest BCUT2D eigenvalue weighted by Crippen LogP contribution is 2.38. The van der Waals surface area contributed by atoms with E-state index in [-0.39, 0.29) is 12.0 Å². The number of anilines is 1. The van der Waals surface area contributed by atoms with Crippen molar-refractivity contribution in [2.75, 3.05) is 12.4 Å². The maximum absolute atomic E-state index is 11.8. The van der Waals surface area contributed by atoms with E-state index in [1.165, 1.54) is 18.2 Å². The van der Waals surface area contributed by atoms with Crippen LogP contribution >= 0.6 is 15.9 Å². The van der Waals surface area contributed by atoms with E-state index in [2.05, 4.69) is 39.4 Å². The molecule has 0 amide bonds. The lowest BCUT2D eigenvalue weighted by Gasteiger charge is -2.18. The van der Waals surface area contributed by atoms with Crippen LogP contribution in [0.4, 0.5) is 5.69 Å². The molecule has 3 nitrogen and oxygen atoms in total. The van der Waals surface area contributed by atoms with Crippen LogP contribution < -0.4 is 5.32 Å². The van der Waals surface area contributed by atoms with Gasteiger partial charge in [-0.3, -0.25) is 0 Å². The summed E-state index contributed by atoms with van der Waals surface area (Å²) in [6.45, 7) is 0. The van der Waals surface area contributed by atoms with Crippen molar-refractivity contribution in [1.29, 1.82) is 0 Å². The van der Waals surface area contributed by atoms with Gasteiger partial charge in [0.05, 0.1) is 18.7 Å². The summed E-state index contributed by atoms with van der Waals surface area (Å²) in [7, 11) is 1.40. The summed E-state index contributed by atoms with van der Waals surface area (Å²) in [4.78, 5) is 11.8. The average molecular weight is 346 g/mol. The molecule has 3 rings (SSSR count). The van der Waals surface area contributed by atoms with Crippen LogP contribution in [0.2, 0.25) is 0 Å². The van der Waals surface area contributed by atoms with E-state index >= 15 is 0 Å². The number of fused-ring (bicyclic) bond motifs is 1. The number of benzene rings is 2.